The molecule has 0 saturated heterocycles. The van der Waals surface area contributed by atoms with Gasteiger partial charge in [0, 0.05) is 22.2 Å². The third kappa shape index (κ3) is 5.08. The van der Waals surface area contributed by atoms with E-state index < -0.39 is 0 Å². The molecule has 0 radical (unpaired) electrons. The van der Waals surface area contributed by atoms with Gasteiger partial charge < -0.3 is 10.1 Å². The lowest BCUT2D eigenvalue weighted by molar-refractivity contribution is -0.118. The summed E-state index contributed by atoms with van der Waals surface area (Å²) >= 11 is 9.20. The number of nitrogens with one attached hydrogen (secondary N) is 1. The molecule has 0 aliphatic rings. The van der Waals surface area contributed by atoms with Crippen LogP contribution in [0.5, 0.6) is 5.75 Å². The van der Waals surface area contributed by atoms with E-state index in [1.165, 1.54) is 0 Å². The van der Waals surface area contributed by atoms with Crippen molar-refractivity contribution in [2.24, 2.45) is 5.92 Å². The first-order valence-electron chi connectivity index (χ1n) is 7.39. The minimum absolute atomic E-state index is 0.0648. The number of carbonyl (C=O) groups is 2. The molecule has 1 N–H and O–H groups in total. The largest absolute Gasteiger partial charge is 0.484 e. The number of halogens is 2. The van der Waals surface area contributed by atoms with Crippen LogP contribution in [0, 0.1) is 5.92 Å². The number of ether oxygens (including phenoxy) is 1. The van der Waals surface area contributed by atoms with Gasteiger partial charge in [0.25, 0.3) is 0 Å². The molecule has 0 unspecified atom stereocenters. The number of ketones is 1. The van der Waals surface area contributed by atoms with Gasteiger partial charge in [0.05, 0.1) is 4.47 Å². The van der Waals surface area contributed by atoms with Crippen molar-refractivity contribution >= 4 is 44.9 Å². The molecule has 0 aromatic heterocycles. The molecule has 0 fully saturated rings. The summed E-state index contributed by atoms with van der Waals surface area (Å²) < 4.78 is 6.20. The average Bonchev–Trinajstić information content (AvgIpc) is 2.54. The van der Waals surface area contributed by atoms with Gasteiger partial charge in [0.2, 0.25) is 5.91 Å². The Morgan fingerprint density at radius 2 is 1.83 bits per heavy atom. The fraction of sp³-hybridized carbons (Fsp3) is 0.222. The molecule has 0 saturated carbocycles. The van der Waals surface area contributed by atoms with Crippen LogP contribution >= 0.6 is 27.5 Å². The molecule has 1 amide bonds. The van der Waals surface area contributed by atoms with Gasteiger partial charge in [-0.15, -0.1) is 0 Å². The molecule has 2 aromatic carbocycles. The second kappa shape index (κ2) is 8.31. The highest BCUT2D eigenvalue weighted by molar-refractivity contribution is 9.10. The van der Waals surface area contributed by atoms with E-state index in [9.17, 15) is 9.59 Å². The van der Waals surface area contributed by atoms with E-state index in [1.807, 2.05) is 13.8 Å². The summed E-state index contributed by atoms with van der Waals surface area (Å²) in [5.41, 5.74) is 1.18. The molecule has 0 bridgehead atoms. The number of carbonyl (C=O) groups excluding carboxylic acids is 2. The lowest BCUT2D eigenvalue weighted by atomic mass is 10.1. The first-order valence-corrected chi connectivity index (χ1v) is 8.56. The quantitative estimate of drug-likeness (QED) is 0.685. The summed E-state index contributed by atoms with van der Waals surface area (Å²) in [5, 5.41) is 3.36. The highest BCUT2D eigenvalue weighted by Gasteiger charge is 2.10. The number of rotatable bonds is 6. The Bertz CT molecular complexity index is 744. The molecule has 0 spiro atoms. The van der Waals surface area contributed by atoms with Crippen molar-refractivity contribution in [3.63, 3.8) is 0 Å². The van der Waals surface area contributed by atoms with E-state index in [-0.39, 0.29) is 24.2 Å². The van der Waals surface area contributed by atoms with Crippen molar-refractivity contribution in [1.82, 2.24) is 0 Å². The summed E-state index contributed by atoms with van der Waals surface area (Å²) in [5.74, 6) is 0.231. The van der Waals surface area contributed by atoms with Crippen LogP contribution in [0.1, 0.15) is 24.2 Å². The van der Waals surface area contributed by atoms with E-state index in [0.717, 1.165) is 0 Å². The van der Waals surface area contributed by atoms with Gasteiger partial charge in [-0.05, 0) is 58.4 Å². The molecule has 0 heterocycles. The Morgan fingerprint density at radius 3 is 2.42 bits per heavy atom. The number of amides is 1. The smallest absolute Gasteiger partial charge is 0.226 e. The molecule has 0 atom stereocenters. The minimum atomic E-state index is -0.154. The van der Waals surface area contributed by atoms with Gasteiger partial charge in [0.15, 0.2) is 12.4 Å². The monoisotopic (exact) mass is 409 g/mol. The topological polar surface area (TPSA) is 55.4 Å². The zero-order valence-corrected chi connectivity index (χ0v) is 15.6. The number of hydrogen-bond acceptors (Lipinski definition) is 3. The zero-order chi connectivity index (χ0) is 17.7. The average molecular weight is 411 g/mol. The van der Waals surface area contributed by atoms with Crippen LogP contribution in [0.4, 0.5) is 5.69 Å². The van der Waals surface area contributed by atoms with Crippen LogP contribution in [0.15, 0.2) is 46.9 Å². The molecular weight excluding hydrogens is 394 g/mol. The van der Waals surface area contributed by atoms with E-state index in [4.69, 9.17) is 16.3 Å². The van der Waals surface area contributed by atoms with Gasteiger partial charge in [-0.25, -0.2) is 0 Å². The Hall–Kier alpha value is -1.85. The second-order valence-electron chi connectivity index (χ2n) is 5.51. The van der Waals surface area contributed by atoms with Gasteiger partial charge in [-0.3, -0.25) is 9.59 Å². The first kappa shape index (κ1) is 18.5. The Labute approximate surface area is 154 Å². The van der Waals surface area contributed by atoms with Gasteiger partial charge in [-0.1, -0.05) is 25.4 Å². The van der Waals surface area contributed by atoms with Gasteiger partial charge in [0.1, 0.15) is 5.75 Å². The van der Waals surface area contributed by atoms with E-state index >= 15 is 0 Å². The van der Waals surface area contributed by atoms with Crippen LogP contribution in [0.3, 0.4) is 0 Å². The standard InChI is InChI=1S/C18H17BrClNO3/c1-11(2)18(23)21-14-6-3-12(4-7-14)16(22)10-24-17-8-5-13(20)9-15(17)19/h3-9,11H,10H2,1-2H3,(H,21,23). The molecule has 0 aliphatic carbocycles. The highest BCUT2D eigenvalue weighted by atomic mass is 79.9. The van der Waals surface area contributed by atoms with Crippen molar-refractivity contribution < 1.29 is 14.3 Å². The highest BCUT2D eigenvalue weighted by Crippen LogP contribution is 2.28. The summed E-state index contributed by atoms with van der Waals surface area (Å²) in [7, 11) is 0. The van der Waals surface area contributed by atoms with Crippen LogP contribution < -0.4 is 10.1 Å². The molecule has 24 heavy (non-hydrogen) atoms. The molecule has 4 nitrogen and oxygen atoms in total. The Morgan fingerprint density at radius 1 is 1.17 bits per heavy atom. The molecule has 0 aliphatic heterocycles. The van der Waals surface area contributed by atoms with Crippen LogP contribution in [-0.2, 0) is 4.79 Å². The molecule has 6 heteroatoms. The zero-order valence-electron chi connectivity index (χ0n) is 13.3. The SMILES string of the molecule is CC(C)C(=O)Nc1ccc(C(=O)COc2ccc(Cl)cc2Br)cc1. The summed E-state index contributed by atoms with van der Waals surface area (Å²) in [6.07, 6.45) is 0. The summed E-state index contributed by atoms with van der Waals surface area (Å²) in [6.45, 7) is 3.55. The lowest BCUT2D eigenvalue weighted by Crippen LogP contribution is -2.18. The minimum Gasteiger partial charge on any atom is -0.484 e. The molecule has 126 valence electrons. The third-order valence-corrected chi connectivity index (χ3v) is 4.11. The molecule has 2 aromatic rings. The molecule has 2 rings (SSSR count). The second-order valence-corrected chi connectivity index (χ2v) is 6.80. The maximum absolute atomic E-state index is 12.2. The number of benzene rings is 2. The third-order valence-electron chi connectivity index (χ3n) is 3.25. The van der Waals surface area contributed by atoms with Crippen LogP contribution in [0.25, 0.3) is 0 Å². The van der Waals surface area contributed by atoms with E-state index in [2.05, 4.69) is 21.2 Å². The lowest BCUT2D eigenvalue weighted by Gasteiger charge is -2.09. The van der Waals surface area contributed by atoms with Crippen molar-refractivity contribution in [2.75, 3.05) is 11.9 Å². The Balaban J connectivity index is 1.96. The van der Waals surface area contributed by atoms with E-state index in [0.29, 0.717) is 26.5 Å². The number of hydrogen-bond donors (Lipinski definition) is 1. The van der Waals surface area contributed by atoms with Crippen LogP contribution in [-0.4, -0.2) is 18.3 Å². The summed E-state index contributed by atoms with van der Waals surface area (Å²) in [6, 6.07) is 11.8. The fourth-order valence-corrected chi connectivity index (χ4v) is 2.64. The maximum atomic E-state index is 12.2. The first-order chi connectivity index (χ1) is 11.4. The van der Waals surface area contributed by atoms with Crippen molar-refractivity contribution in [2.45, 2.75) is 13.8 Å². The number of Topliss-reactive ketones (excluding diaryl/α,β-unsaturated/α-hetero) is 1. The predicted octanol–water partition coefficient (Wildman–Crippen LogP) is 4.96. The fourth-order valence-electron chi connectivity index (χ4n) is 1.84. The van der Waals surface area contributed by atoms with E-state index in [1.54, 1.807) is 42.5 Å². The maximum Gasteiger partial charge on any atom is 0.226 e. The van der Waals surface area contributed by atoms with Crippen molar-refractivity contribution in [3.05, 3.63) is 57.5 Å². The van der Waals surface area contributed by atoms with Gasteiger partial charge >= 0.3 is 0 Å². The molecular formula is C18H17BrClNO3. The van der Waals surface area contributed by atoms with Crippen molar-refractivity contribution in [3.8, 4) is 5.75 Å². The van der Waals surface area contributed by atoms with Crippen molar-refractivity contribution in [1.29, 1.82) is 0 Å². The normalized spacial score (nSPS) is 10.5. The Kier molecular flexibility index (Phi) is 6.40. The summed E-state index contributed by atoms with van der Waals surface area (Å²) in [4.78, 5) is 23.8. The van der Waals surface area contributed by atoms with Crippen LogP contribution in [0.2, 0.25) is 5.02 Å². The van der Waals surface area contributed by atoms with Gasteiger partial charge in [-0.2, -0.15) is 0 Å². The number of anilines is 1. The predicted molar refractivity (Wildman–Crippen MR) is 98.9 cm³/mol.